The zero-order chi connectivity index (χ0) is 31.3. The molecule has 44 heavy (non-hydrogen) atoms. The SMILES string of the molecule is Cc1cccc(N2CCCSC2=NC(=O)N/C=C/c2ccc(-c3ncn(-c4ccc(OC(F)(F)F)cc4)n3)cc2)c1C(C)C. The number of carbonyl (C=O) groups is 1. The van der Waals surface area contributed by atoms with Gasteiger partial charge in [0.2, 0.25) is 0 Å². The number of hydrogen-bond acceptors (Lipinski definition) is 5. The number of nitrogens with zero attached hydrogens (tertiary/aromatic N) is 5. The number of carbonyl (C=O) groups excluding carboxylic acids is 1. The molecule has 0 bridgehead atoms. The molecule has 0 spiro atoms. The van der Waals surface area contributed by atoms with E-state index in [2.05, 4.69) is 62.9 Å². The number of nitrogens with one attached hydrogen (secondary N) is 1. The minimum Gasteiger partial charge on any atom is -0.406 e. The van der Waals surface area contributed by atoms with E-state index in [-0.39, 0.29) is 5.75 Å². The van der Waals surface area contributed by atoms with Crippen LogP contribution in [0.25, 0.3) is 23.2 Å². The van der Waals surface area contributed by atoms with Crippen molar-refractivity contribution >= 4 is 34.7 Å². The van der Waals surface area contributed by atoms with E-state index in [0.29, 0.717) is 22.6 Å². The van der Waals surface area contributed by atoms with E-state index >= 15 is 0 Å². The number of hydrogen-bond donors (Lipinski definition) is 1. The molecule has 4 aromatic rings. The van der Waals surface area contributed by atoms with Crippen molar-refractivity contribution in [2.45, 2.75) is 39.5 Å². The standard InChI is InChI=1S/C32H31F3N6O2S/c1-21(2)28-22(3)6-4-7-27(28)40-18-5-19-44-31(40)38-30(42)36-17-16-23-8-10-24(11-9-23)29-37-20-41(39-29)25-12-14-26(15-13-25)43-32(33,34)35/h4,6-17,20-21H,5,18-19H2,1-3H3,(H,36,42)/b17-16+,38-31?. The second-order valence-electron chi connectivity index (χ2n) is 10.4. The van der Waals surface area contributed by atoms with Gasteiger partial charge in [0.1, 0.15) is 12.1 Å². The molecule has 3 aromatic carbocycles. The van der Waals surface area contributed by atoms with Gasteiger partial charge in [-0.2, -0.15) is 4.99 Å². The van der Waals surface area contributed by atoms with Crippen molar-refractivity contribution in [2.75, 3.05) is 17.2 Å². The number of thioether (sulfide) groups is 1. The number of halogens is 3. The highest BCUT2D eigenvalue weighted by atomic mass is 32.2. The third-order valence-electron chi connectivity index (χ3n) is 6.83. The summed E-state index contributed by atoms with van der Waals surface area (Å²) in [5, 5.41) is 7.85. The molecule has 0 unspecified atom stereocenters. The maximum Gasteiger partial charge on any atom is 0.573 e. The molecule has 8 nitrogen and oxygen atoms in total. The number of ether oxygens (including phenoxy) is 1. The Bertz CT molecular complexity index is 1660. The molecule has 1 N–H and O–H groups in total. The fourth-order valence-corrected chi connectivity index (χ4v) is 5.87. The summed E-state index contributed by atoms with van der Waals surface area (Å²) in [6.45, 7) is 7.27. The lowest BCUT2D eigenvalue weighted by molar-refractivity contribution is -0.274. The molecule has 0 radical (unpaired) electrons. The van der Waals surface area contributed by atoms with Gasteiger partial charge in [0, 0.05) is 29.7 Å². The molecule has 2 amide bonds. The average Bonchev–Trinajstić information content (AvgIpc) is 3.47. The van der Waals surface area contributed by atoms with Gasteiger partial charge in [-0.3, -0.25) is 0 Å². The van der Waals surface area contributed by atoms with Gasteiger partial charge in [-0.15, -0.1) is 18.3 Å². The largest absolute Gasteiger partial charge is 0.573 e. The summed E-state index contributed by atoms with van der Waals surface area (Å²) < 4.78 is 42.6. The molecule has 5 rings (SSSR count). The van der Waals surface area contributed by atoms with E-state index in [1.165, 1.54) is 46.4 Å². The molecule has 1 fully saturated rings. The van der Waals surface area contributed by atoms with Crippen LogP contribution in [-0.2, 0) is 0 Å². The minimum absolute atomic E-state index is 0.314. The van der Waals surface area contributed by atoms with Gasteiger partial charge in [-0.25, -0.2) is 14.5 Å². The summed E-state index contributed by atoms with van der Waals surface area (Å²) in [6.07, 6.45) is 1.07. The van der Waals surface area contributed by atoms with Crippen molar-refractivity contribution in [2.24, 2.45) is 4.99 Å². The Hall–Kier alpha value is -4.58. The molecule has 228 valence electrons. The molecule has 0 atom stereocenters. The number of anilines is 1. The molecule has 1 aliphatic heterocycles. The van der Waals surface area contributed by atoms with Crippen LogP contribution in [0.3, 0.4) is 0 Å². The fraction of sp³-hybridized carbons (Fsp3) is 0.250. The van der Waals surface area contributed by atoms with E-state index < -0.39 is 12.4 Å². The van der Waals surface area contributed by atoms with Gasteiger partial charge in [-0.05, 0) is 72.4 Å². The number of amides is 2. The molecular formula is C32H31F3N6O2S. The number of urea groups is 1. The van der Waals surface area contributed by atoms with Crippen molar-refractivity contribution in [1.29, 1.82) is 0 Å². The number of benzene rings is 3. The van der Waals surface area contributed by atoms with Gasteiger partial charge in [0.25, 0.3) is 0 Å². The Balaban J connectivity index is 1.21. The molecule has 0 saturated carbocycles. The van der Waals surface area contributed by atoms with Gasteiger partial charge in [0.05, 0.1) is 5.69 Å². The molecule has 12 heteroatoms. The number of alkyl halides is 3. The monoisotopic (exact) mass is 620 g/mol. The second-order valence-corrected chi connectivity index (χ2v) is 11.4. The summed E-state index contributed by atoms with van der Waals surface area (Å²) in [7, 11) is 0. The summed E-state index contributed by atoms with van der Waals surface area (Å²) in [4.78, 5) is 23.6. The Kier molecular flexibility index (Phi) is 9.38. The van der Waals surface area contributed by atoms with Crippen LogP contribution in [0.5, 0.6) is 5.75 Å². The van der Waals surface area contributed by atoms with E-state index in [9.17, 15) is 18.0 Å². The van der Waals surface area contributed by atoms with Crippen LogP contribution in [0.1, 0.15) is 42.9 Å². The summed E-state index contributed by atoms with van der Waals surface area (Å²) in [5.41, 5.74) is 5.72. The lowest BCUT2D eigenvalue weighted by atomic mass is 9.95. The number of amidine groups is 1. The van der Waals surface area contributed by atoms with E-state index in [0.717, 1.165) is 35.5 Å². The van der Waals surface area contributed by atoms with Crippen LogP contribution in [0.15, 0.2) is 84.2 Å². The zero-order valence-corrected chi connectivity index (χ0v) is 25.2. The normalized spacial score (nSPS) is 14.9. The number of aromatic nitrogens is 3. The van der Waals surface area contributed by atoms with Crippen molar-refractivity contribution in [3.05, 3.63) is 95.9 Å². The van der Waals surface area contributed by atoms with Crippen molar-refractivity contribution in [1.82, 2.24) is 20.1 Å². The maximum atomic E-state index is 12.7. The molecule has 1 aromatic heterocycles. The van der Waals surface area contributed by atoms with Gasteiger partial charge >= 0.3 is 12.4 Å². The predicted molar refractivity (Wildman–Crippen MR) is 168 cm³/mol. The van der Waals surface area contributed by atoms with Crippen LogP contribution in [-0.4, -0.2) is 44.6 Å². The van der Waals surface area contributed by atoms with Crippen LogP contribution in [0.2, 0.25) is 0 Å². The number of rotatable bonds is 7. The minimum atomic E-state index is -4.75. The van der Waals surface area contributed by atoms with Crippen LogP contribution < -0.4 is 15.0 Å². The van der Waals surface area contributed by atoms with Gasteiger partial charge in [-0.1, -0.05) is 62.0 Å². The predicted octanol–water partition coefficient (Wildman–Crippen LogP) is 7.94. The van der Waals surface area contributed by atoms with Gasteiger partial charge < -0.3 is 15.0 Å². The molecule has 2 heterocycles. The Morgan fingerprint density at radius 2 is 1.84 bits per heavy atom. The van der Waals surface area contributed by atoms with Crippen LogP contribution in [0.4, 0.5) is 23.7 Å². The van der Waals surface area contributed by atoms with Crippen molar-refractivity contribution < 1.29 is 22.7 Å². The summed E-state index contributed by atoms with van der Waals surface area (Å²) in [5.74, 6) is 1.39. The Morgan fingerprint density at radius 1 is 1.09 bits per heavy atom. The second kappa shape index (κ2) is 13.4. The lowest BCUT2D eigenvalue weighted by Crippen LogP contribution is -2.36. The summed E-state index contributed by atoms with van der Waals surface area (Å²) >= 11 is 1.58. The van der Waals surface area contributed by atoms with Gasteiger partial charge in [0.15, 0.2) is 11.0 Å². The highest BCUT2D eigenvalue weighted by Gasteiger charge is 2.31. The highest BCUT2D eigenvalue weighted by molar-refractivity contribution is 8.14. The van der Waals surface area contributed by atoms with Crippen molar-refractivity contribution in [3.63, 3.8) is 0 Å². The molecule has 1 aliphatic rings. The first-order valence-electron chi connectivity index (χ1n) is 14.0. The fourth-order valence-electron chi connectivity index (χ4n) is 4.92. The first kappa shape index (κ1) is 30.9. The Labute approximate surface area is 257 Å². The Morgan fingerprint density at radius 3 is 2.55 bits per heavy atom. The highest BCUT2D eigenvalue weighted by Crippen LogP contribution is 2.34. The average molecular weight is 621 g/mol. The molecule has 1 saturated heterocycles. The zero-order valence-electron chi connectivity index (χ0n) is 24.4. The topological polar surface area (TPSA) is 84.6 Å². The first-order valence-corrected chi connectivity index (χ1v) is 15.0. The van der Waals surface area contributed by atoms with Crippen molar-refractivity contribution in [3.8, 4) is 22.8 Å². The third-order valence-corrected chi connectivity index (χ3v) is 7.90. The van der Waals surface area contributed by atoms with Crippen LogP contribution in [0, 0.1) is 6.92 Å². The number of aryl methyl sites for hydroxylation is 1. The molecule has 0 aliphatic carbocycles. The van der Waals surface area contributed by atoms with E-state index in [1.807, 2.05) is 30.3 Å². The van der Waals surface area contributed by atoms with Crippen LogP contribution >= 0.6 is 11.8 Å². The smallest absolute Gasteiger partial charge is 0.406 e. The maximum absolute atomic E-state index is 12.7. The number of aliphatic imine (C=N–C) groups is 1. The van der Waals surface area contributed by atoms with E-state index in [4.69, 9.17) is 0 Å². The quantitative estimate of drug-likeness (QED) is 0.226. The lowest BCUT2D eigenvalue weighted by Gasteiger charge is -2.32. The molecular weight excluding hydrogens is 589 g/mol. The third kappa shape index (κ3) is 7.67. The van der Waals surface area contributed by atoms with E-state index in [1.54, 1.807) is 24.0 Å². The first-order chi connectivity index (χ1) is 21.1. The summed E-state index contributed by atoms with van der Waals surface area (Å²) in [6, 6.07) is 18.6.